The number of rotatable bonds is 5. The number of hydrogen-bond donors (Lipinski definition) is 2. The number of nitro benzene ring substituents is 1. The summed E-state index contributed by atoms with van der Waals surface area (Å²) < 4.78 is 0. The van der Waals surface area contributed by atoms with Crippen LogP contribution in [0.5, 0.6) is 0 Å². The molecule has 8 heteroatoms. The molecule has 0 saturated heterocycles. The first-order chi connectivity index (χ1) is 12.5. The summed E-state index contributed by atoms with van der Waals surface area (Å²) >= 11 is 1.50. The van der Waals surface area contributed by atoms with Gasteiger partial charge in [0.15, 0.2) is 5.13 Å². The fourth-order valence-corrected chi connectivity index (χ4v) is 4.32. The van der Waals surface area contributed by atoms with Crippen molar-refractivity contribution in [3.05, 3.63) is 44.4 Å². The van der Waals surface area contributed by atoms with Crippen LogP contribution in [0.1, 0.15) is 47.1 Å². The molecule has 2 aromatic rings. The predicted molar refractivity (Wildman–Crippen MR) is 101 cm³/mol. The van der Waals surface area contributed by atoms with Crippen molar-refractivity contribution < 1.29 is 9.72 Å². The molecule has 1 amide bonds. The van der Waals surface area contributed by atoms with Gasteiger partial charge in [0.2, 0.25) is 0 Å². The number of aryl methyl sites for hydroxylation is 1. The van der Waals surface area contributed by atoms with Gasteiger partial charge in [0, 0.05) is 22.5 Å². The number of nitrogens with one attached hydrogen (secondary N) is 2. The van der Waals surface area contributed by atoms with Gasteiger partial charge in [-0.25, -0.2) is 4.98 Å². The number of hydrogen-bond acceptors (Lipinski definition) is 6. The van der Waals surface area contributed by atoms with E-state index in [2.05, 4.69) is 22.5 Å². The lowest BCUT2D eigenvalue weighted by Crippen LogP contribution is -2.13. The molecule has 1 aromatic carbocycles. The minimum atomic E-state index is -0.453. The Bertz CT molecular complexity index is 875. The molecule has 1 unspecified atom stereocenters. The van der Waals surface area contributed by atoms with Gasteiger partial charge >= 0.3 is 0 Å². The summed E-state index contributed by atoms with van der Waals surface area (Å²) in [6, 6.07) is 4.86. The van der Waals surface area contributed by atoms with Crippen molar-refractivity contribution in [3.8, 4) is 0 Å². The third kappa shape index (κ3) is 3.55. The van der Waals surface area contributed by atoms with Crippen molar-refractivity contribution in [2.24, 2.45) is 5.92 Å². The Morgan fingerprint density at radius 2 is 2.15 bits per heavy atom. The number of nitrogens with zero attached hydrogens (tertiary/aromatic N) is 2. The number of amides is 1. The third-order valence-corrected chi connectivity index (χ3v) is 5.84. The van der Waals surface area contributed by atoms with Crippen LogP contribution in [0.15, 0.2) is 18.2 Å². The van der Waals surface area contributed by atoms with E-state index in [0.29, 0.717) is 22.8 Å². The van der Waals surface area contributed by atoms with Crippen LogP contribution in [-0.2, 0) is 12.8 Å². The molecule has 1 atom stereocenters. The van der Waals surface area contributed by atoms with Crippen molar-refractivity contribution in [3.63, 3.8) is 0 Å². The molecular weight excluding hydrogens is 352 g/mol. The second kappa shape index (κ2) is 6.68. The van der Waals surface area contributed by atoms with E-state index in [4.69, 9.17) is 0 Å². The van der Waals surface area contributed by atoms with Crippen molar-refractivity contribution in [2.45, 2.75) is 45.1 Å². The van der Waals surface area contributed by atoms with Gasteiger partial charge in [0.1, 0.15) is 5.69 Å². The highest BCUT2D eigenvalue weighted by Gasteiger charge is 2.26. The van der Waals surface area contributed by atoms with Crippen molar-refractivity contribution >= 4 is 33.8 Å². The highest BCUT2D eigenvalue weighted by Crippen LogP contribution is 2.34. The van der Waals surface area contributed by atoms with Crippen LogP contribution < -0.4 is 10.6 Å². The minimum absolute atomic E-state index is 0.0724. The number of benzene rings is 1. The molecule has 1 aromatic heterocycles. The van der Waals surface area contributed by atoms with Crippen molar-refractivity contribution in [1.29, 1.82) is 0 Å². The molecule has 0 aliphatic heterocycles. The largest absolute Gasteiger partial charge is 0.377 e. The lowest BCUT2D eigenvalue weighted by molar-refractivity contribution is -0.384. The molecule has 1 saturated carbocycles. The maximum Gasteiger partial charge on any atom is 0.293 e. The first-order valence-corrected chi connectivity index (χ1v) is 9.66. The molecule has 2 aliphatic rings. The maximum atomic E-state index is 12.5. The van der Waals surface area contributed by atoms with Gasteiger partial charge in [-0.15, -0.1) is 11.3 Å². The summed E-state index contributed by atoms with van der Waals surface area (Å²) in [5.74, 6) is 0.269. The second-order valence-electron chi connectivity index (χ2n) is 7.10. The van der Waals surface area contributed by atoms with E-state index in [9.17, 15) is 14.9 Å². The SMILES string of the molecule is CC1CCc2nc(NC(=O)c3ccc(NC4CC4)c([N+](=O)[O-])c3)sc2C1. The molecule has 0 spiro atoms. The van der Waals surface area contributed by atoms with E-state index in [1.165, 1.54) is 22.3 Å². The zero-order chi connectivity index (χ0) is 18.3. The molecule has 0 bridgehead atoms. The molecule has 0 radical (unpaired) electrons. The number of carbonyl (C=O) groups is 1. The zero-order valence-corrected chi connectivity index (χ0v) is 15.3. The summed E-state index contributed by atoms with van der Waals surface area (Å²) in [7, 11) is 0. The fourth-order valence-electron chi connectivity index (χ4n) is 3.16. The molecular formula is C18H20N4O3S. The normalized spacial score (nSPS) is 18.9. The van der Waals surface area contributed by atoms with E-state index in [0.717, 1.165) is 37.8 Å². The summed E-state index contributed by atoms with van der Waals surface area (Å²) in [6.45, 7) is 2.22. The van der Waals surface area contributed by atoms with E-state index >= 15 is 0 Å². The summed E-state index contributed by atoms with van der Waals surface area (Å²) in [4.78, 5) is 29.2. The number of carbonyl (C=O) groups excluding carboxylic acids is 1. The highest BCUT2D eigenvalue weighted by atomic mass is 32.1. The Balaban J connectivity index is 1.52. The average Bonchev–Trinajstić information content (AvgIpc) is 3.33. The molecule has 136 valence electrons. The van der Waals surface area contributed by atoms with E-state index in [-0.39, 0.29) is 17.2 Å². The maximum absolute atomic E-state index is 12.5. The second-order valence-corrected chi connectivity index (χ2v) is 8.18. The molecule has 7 nitrogen and oxygen atoms in total. The quantitative estimate of drug-likeness (QED) is 0.611. The van der Waals surface area contributed by atoms with E-state index < -0.39 is 4.92 Å². The van der Waals surface area contributed by atoms with Gasteiger partial charge in [-0.2, -0.15) is 0 Å². The zero-order valence-electron chi connectivity index (χ0n) is 14.4. The molecule has 4 rings (SSSR count). The standard InChI is InChI=1S/C18H20N4O3S/c1-10-2-6-14-16(8-10)26-18(20-14)21-17(23)11-3-7-13(19-12-4-5-12)15(9-11)22(24)25/h3,7,9-10,12,19H,2,4-6,8H2,1H3,(H,20,21,23). The smallest absolute Gasteiger partial charge is 0.293 e. The molecule has 1 fully saturated rings. The number of aromatic nitrogens is 1. The third-order valence-electron chi connectivity index (χ3n) is 4.80. The van der Waals surface area contributed by atoms with Crippen LogP contribution in [0.2, 0.25) is 0 Å². The van der Waals surface area contributed by atoms with Crippen LogP contribution >= 0.6 is 11.3 Å². The minimum Gasteiger partial charge on any atom is -0.377 e. The lowest BCUT2D eigenvalue weighted by Gasteiger charge is -2.15. The van der Waals surface area contributed by atoms with E-state index in [1.54, 1.807) is 12.1 Å². The van der Waals surface area contributed by atoms with Gasteiger partial charge in [-0.05, 0) is 50.2 Å². The van der Waals surface area contributed by atoms with Crippen molar-refractivity contribution in [2.75, 3.05) is 10.6 Å². The molecule has 2 N–H and O–H groups in total. The Hall–Kier alpha value is -2.48. The number of thiazole rings is 1. The van der Waals surface area contributed by atoms with Gasteiger partial charge in [0.05, 0.1) is 10.6 Å². The van der Waals surface area contributed by atoms with Gasteiger partial charge in [-0.3, -0.25) is 20.2 Å². The average molecular weight is 372 g/mol. The van der Waals surface area contributed by atoms with Crippen LogP contribution in [0.3, 0.4) is 0 Å². The summed E-state index contributed by atoms with van der Waals surface area (Å²) in [5, 5.41) is 17.8. The molecule has 26 heavy (non-hydrogen) atoms. The molecule has 1 heterocycles. The Labute approximate surface area is 155 Å². The number of fused-ring (bicyclic) bond motifs is 1. The number of nitro groups is 1. The Kier molecular flexibility index (Phi) is 4.36. The van der Waals surface area contributed by atoms with E-state index in [1.807, 2.05) is 0 Å². The van der Waals surface area contributed by atoms with Crippen molar-refractivity contribution in [1.82, 2.24) is 4.98 Å². The first kappa shape index (κ1) is 17.0. The Morgan fingerprint density at radius 1 is 1.35 bits per heavy atom. The molecule has 2 aliphatic carbocycles. The van der Waals surface area contributed by atoms with Crippen LogP contribution in [0, 0.1) is 16.0 Å². The monoisotopic (exact) mass is 372 g/mol. The first-order valence-electron chi connectivity index (χ1n) is 8.84. The summed E-state index contributed by atoms with van der Waals surface area (Å²) in [6.07, 6.45) is 5.09. The van der Waals surface area contributed by atoms with Crippen LogP contribution in [-0.4, -0.2) is 21.9 Å². The Morgan fingerprint density at radius 3 is 2.88 bits per heavy atom. The topological polar surface area (TPSA) is 97.2 Å². The van der Waals surface area contributed by atoms with Crippen LogP contribution in [0.4, 0.5) is 16.5 Å². The highest BCUT2D eigenvalue weighted by molar-refractivity contribution is 7.15. The van der Waals surface area contributed by atoms with Gasteiger partial charge in [0.25, 0.3) is 11.6 Å². The van der Waals surface area contributed by atoms with Gasteiger partial charge < -0.3 is 5.32 Å². The fraction of sp³-hybridized carbons (Fsp3) is 0.444. The number of anilines is 2. The van der Waals surface area contributed by atoms with Crippen LogP contribution in [0.25, 0.3) is 0 Å². The lowest BCUT2D eigenvalue weighted by atomic mass is 9.93. The predicted octanol–water partition coefficient (Wildman–Crippen LogP) is 4.00. The summed E-state index contributed by atoms with van der Waals surface area (Å²) in [5.41, 5.74) is 1.72. The van der Waals surface area contributed by atoms with Gasteiger partial charge in [-0.1, -0.05) is 6.92 Å².